The molecule has 1 aliphatic rings. The molecule has 1 aromatic carbocycles. The van der Waals surface area contributed by atoms with E-state index >= 15 is 0 Å². The van der Waals surface area contributed by atoms with Crippen molar-refractivity contribution in [3.63, 3.8) is 0 Å². The molecule has 7 heteroatoms. The number of anilines is 1. The van der Waals surface area contributed by atoms with Gasteiger partial charge in [-0.1, -0.05) is 6.07 Å². The lowest BCUT2D eigenvalue weighted by atomic mass is 10.2. The van der Waals surface area contributed by atoms with Crippen LogP contribution in [0.5, 0.6) is 0 Å². The fourth-order valence-electron chi connectivity index (χ4n) is 2.34. The SMILES string of the molecule is C[C@H]1CN(c2n[nH]c(-c3c(F)cccc3Br)n2)CCN1. The highest BCUT2D eigenvalue weighted by Crippen LogP contribution is 2.29. The minimum absolute atomic E-state index is 0.323. The number of nitrogens with zero attached hydrogens (tertiary/aromatic N) is 3. The molecule has 2 aromatic rings. The molecule has 0 radical (unpaired) electrons. The molecule has 1 atom stereocenters. The van der Waals surface area contributed by atoms with Gasteiger partial charge in [0.2, 0.25) is 5.95 Å². The maximum atomic E-state index is 13.9. The highest BCUT2D eigenvalue weighted by Gasteiger charge is 2.21. The molecule has 1 aromatic heterocycles. The summed E-state index contributed by atoms with van der Waals surface area (Å²) in [5, 5.41) is 10.4. The second kappa shape index (κ2) is 5.49. The molecule has 0 saturated carbocycles. The Morgan fingerprint density at radius 3 is 3.05 bits per heavy atom. The Balaban J connectivity index is 1.90. The van der Waals surface area contributed by atoms with E-state index in [-0.39, 0.29) is 5.82 Å². The van der Waals surface area contributed by atoms with Crippen LogP contribution in [0, 0.1) is 5.82 Å². The number of aromatic amines is 1. The first-order chi connectivity index (χ1) is 9.65. The van der Waals surface area contributed by atoms with Gasteiger partial charge < -0.3 is 10.2 Å². The summed E-state index contributed by atoms with van der Waals surface area (Å²) < 4.78 is 14.6. The molecule has 1 aliphatic heterocycles. The highest BCUT2D eigenvalue weighted by atomic mass is 79.9. The van der Waals surface area contributed by atoms with Crippen molar-refractivity contribution >= 4 is 21.9 Å². The van der Waals surface area contributed by atoms with E-state index in [4.69, 9.17) is 0 Å². The molecule has 20 heavy (non-hydrogen) atoms. The van der Waals surface area contributed by atoms with Crippen molar-refractivity contribution < 1.29 is 4.39 Å². The lowest BCUT2D eigenvalue weighted by Crippen LogP contribution is -2.49. The second-order valence-corrected chi connectivity index (χ2v) is 5.74. The Kier molecular flexibility index (Phi) is 3.71. The lowest BCUT2D eigenvalue weighted by molar-refractivity contribution is 0.480. The molecular formula is C13H15BrFN5. The lowest BCUT2D eigenvalue weighted by Gasteiger charge is -2.30. The van der Waals surface area contributed by atoms with Crippen molar-refractivity contribution in [2.45, 2.75) is 13.0 Å². The van der Waals surface area contributed by atoms with E-state index in [0.717, 1.165) is 19.6 Å². The molecule has 0 amide bonds. The fourth-order valence-corrected chi connectivity index (χ4v) is 2.87. The molecule has 2 heterocycles. The van der Waals surface area contributed by atoms with Crippen LogP contribution in [0.2, 0.25) is 0 Å². The van der Waals surface area contributed by atoms with Gasteiger partial charge in [-0.3, -0.25) is 5.10 Å². The number of hydrogen-bond donors (Lipinski definition) is 2. The van der Waals surface area contributed by atoms with Crippen LogP contribution in [0.25, 0.3) is 11.4 Å². The number of nitrogens with one attached hydrogen (secondary N) is 2. The molecule has 106 valence electrons. The summed E-state index contributed by atoms with van der Waals surface area (Å²) in [5.74, 6) is 0.732. The number of hydrogen-bond acceptors (Lipinski definition) is 4. The van der Waals surface area contributed by atoms with Gasteiger partial charge in [-0.25, -0.2) is 4.39 Å². The van der Waals surface area contributed by atoms with Gasteiger partial charge in [0.1, 0.15) is 5.82 Å². The molecule has 0 unspecified atom stereocenters. The molecule has 3 rings (SSSR count). The van der Waals surface area contributed by atoms with Gasteiger partial charge in [-0.05, 0) is 35.0 Å². The predicted molar refractivity (Wildman–Crippen MR) is 79.2 cm³/mol. The molecule has 0 aliphatic carbocycles. The number of rotatable bonds is 2. The van der Waals surface area contributed by atoms with E-state index in [1.165, 1.54) is 6.07 Å². The number of H-pyrrole nitrogens is 1. The molecule has 0 spiro atoms. The van der Waals surface area contributed by atoms with Crippen LogP contribution >= 0.6 is 15.9 Å². The van der Waals surface area contributed by atoms with E-state index in [2.05, 4.69) is 48.3 Å². The molecular weight excluding hydrogens is 325 g/mol. The van der Waals surface area contributed by atoms with Crippen LogP contribution in [-0.2, 0) is 0 Å². The zero-order valence-corrected chi connectivity index (χ0v) is 12.6. The Bertz CT molecular complexity index is 594. The standard InChI is InChI=1S/C13H15BrFN5/c1-8-7-20(6-5-16-8)13-17-12(18-19-13)11-9(14)3-2-4-10(11)15/h2-4,8,16H,5-7H2,1H3,(H,17,18,19)/t8-/m0/s1. The molecule has 1 saturated heterocycles. The normalized spacial score (nSPS) is 19.4. The second-order valence-electron chi connectivity index (χ2n) is 4.88. The highest BCUT2D eigenvalue weighted by molar-refractivity contribution is 9.10. The van der Waals surface area contributed by atoms with Gasteiger partial charge in [-0.2, -0.15) is 4.98 Å². The minimum Gasteiger partial charge on any atom is -0.337 e. The summed E-state index contributed by atoms with van der Waals surface area (Å²) in [4.78, 5) is 6.51. The first-order valence-corrected chi connectivity index (χ1v) is 7.29. The van der Waals surface area contributed by atoms with Crippen LogP contribution in [0.4, 0.5) is 10.3 Å². The van der Waals surface area contributed by atoms with Crippen LogP contribution in [0.1, 0.15) is 6.92 Å². The van der Waals surface area contributed by atoms with Gasteiger partial charge in [0.15, 0.2) is 5.82 Å². The van der Waals surface area contributed by atoms with Crippen LogP contribution in [0.3, 0.4) is 0 Å². The number of piperazine rings is 1. The first-order valence-electron chi connectivity index (χ1n) is 6.50. The molecule has 2 N–H and O–H groups in total. The van der Waals surface area contributed by atoms with Gasteiger partial charge >= 0.3 is 0 Å². The molecule has 5 nitrogen and oxygen atoms in total. The smallest absolute Gasteiger partial charge is 0.245 e. The first kappa shape index (κ1) is 13.5. The average Bonchev–Trinajstić information content (AvgIpc) is 2.88. The summed E-state index contributed by atoms with van der Waals surface area (Å²) >= 11 is 3.35. The fraction of sp³-hybridized carbons (Fsp3) is 0.385. The number of benzene rings is 1. The molecule has 0 bridgehead atoms. The topological polar surface area (TPSA) is 56.8 Å². The average molecular weight is 340 g/mol. The van der Waals surface area contributed by atoms with Crippen LogP contribution in [0.15, 0.2) is 22.7 Å². The number of aromatic nitrogens is 3. The zero-order chi connectivity index (χ0) is 14.1. The summed E-state index contributed by atoms with van der Waals surface area (Å²) in [6.07, 6.45) is 0. The third-order valence-electron chi connectivity index (χ3n) is 3.32. The van der Waals surface area contributed by atoms with Crippen LogP contribution in [-0.4, -0.2) is 40.9 Å². The summed E-state index contributed by atoms with van der Waals surface area (Å²) in [7, 11) is 0. The summed E-state index contributed by atoms with van der Waals surface area (Å²) in [6, 6.07) is 5.24. The predicted octanol–water partition coefficient (Wildman–Crippen LogP) is 2.17. The molecule has 1 fully saturated rings. The van der Waals surface area contributed by atoms with Crippen molar-refractivity contribution in [2.75, 3.05) is 24.5 Å². The van der Waals surface area contributed by atoms with Crippen molar-refractivity contribution in [3.8, 4) is 11.4 Å². The maximum Gasteiger partial charge on any atom is 0.245 e. The Labute approximate surface area is 124 Å². The zero-order valence-electron chi connectivity index (χ0n) is 11.0. The van der Waals surface area contributed by atoms with E-state index in [9.17, 15) is 4.39 Å². The quantitative estimate of drug-likeness (QED) is 0.880. The Morgan fingerprint density at radius 2 is 2.30 bits per heavy atom. The third-order valence-corrected chi connectivity index (χ3v) is 3.99. The van der Waals surface area contributed by atoms with Crippen molar-refractivity contribution in [3.05, 3.63) is 28.5 Å². The van der Waals surface area contributed by atoms with Crippen LogP contribution < -0.4 is 10.2 Å². The van der Waals surface area contributed by atoms with E-state index in [1.54, 1.807) is 12.1 Å². The summed E-state index contributed by atoms with van der Waals surface area (Å²) in [6.45, 7) is 4.71. The van der Waals surface area contributed by atoms with E-state index < -0.39 is 0 Å². The Hall–Kier alpha value is -1.47. The Morgan fingerprint density at radius 1 is 1.45 bits per heavy atom. The van der Waals surface area contributed by atoms with E-state index in [0.29, 0.717) is 27.9 Å². The monoisotopic (exact) mass is 339 g/mol. The summed E-state index contributed by atoms with van der Waals surface area (Å²) in [5.41, 5.74) is 0.412. The van der Waals surface area contributed by atoms with Gasteiger partial charge in [0.25, 0.3) is 0 Å². The van der Waals surface area contributed by atoms with Crippen molar-refractivity contribution in [2.24, 2.45) is 0 Å². The van der Waals surface area contributed by atoms with Gasteiger partial charge in [0.05, 0.1) is 5.56 Å². The van der Waals surface area contributed by atoms with Gasteiger partial charge in [0, 0.05) is 30.1 Å². The minimum atomic E-state index is -0.323. The number of halogens is 2. The van der Waals surface area contributed by atoms with Crippen molar-refractivity contribution in [1.29, 1.82) is 0 Å². The maximum absolute atomic E-state index is 13.9. The van der Waals surface area contributed by atoms with Gasteiger partial charge in [-0.15, -0.1) is 5.10 Å². The van der Waals surface area contributed by atoms with E-state index in [1.807, 2.05) is 0 Å². The third kappa shape index (κ3) is 2.55. The largest absolute Gasteiger partial charge is 0.337 e. The van der Waals surface area contributed by atoms with Crippen molar-refractivity contribution in [1.82, 2.24) is 20.5 Å².